The minimum atomic E-state index is -0.659. The van der Waals surface area contributed by atoms with Crippen LogP contribution >= 0.6 is 0 Å². The van der Waals surface area contributed by atoms with Gasteiger partial charge in [-0.3, -0.25) is 14.4 Å². The van der Waals surface area contributed by atoms with E-state index in [0.29, 0.717) is 55.0 Å². The second kappa shape index (κ2) is 9.49. The van der Waals surface area contributed by atoms with Gasteiger partial charge >= 0.3 is 0 Å². The number of primary amides is 1. The Kier molecular flexibility index (Phi) is 6.22. The van der Waals surface area contributed by atoms with Crippen LogP contribution in [0.3, 0.4) is 0 Å². The van der Waals surface area contributed by atoms with E-state index in [-0.39, 0.29) is 17.5 Å². The molecule has 36 heavy (non-hydrogen) atoms. The van der Waals surface area contributed by atoms with Crippen molar-refractivity contribution in [3.63, 3.8) is 0 Å². The zero-order chi connectivity index (χ0) is 25.4. The average molecular weight is 488 g/mol. The van der Waals surface area contributed by atoms with E-state index in [1.54, 1.807) is 27.7 Å². The van der Waals surface area contributed by atoms with E-state index in [2.05, 4.69) is 5.10 Å². The van der Waals surface area contributed by atoms with Crippen LogP contribution in [0.15, 0.2) is 42.5 Å². The molecule has 2 N–H and O–H groups in total. The van der Waals surface area contributed by atoms with Gasteiger partial charge in [0, 0.05) is 36.4 Å². The zero-order valence-corrected chi connectivity index (χ0v) is 20.5. The average Bonchev–Trinajstić information content (AvgIpc) is 3.30. The summed E-state index contributed by atoms with van der Waals surface area (Å²) in [6.45, 7) is 3.11. The zero-order valence-electron chi connectivity index (χ0n) is 20.5. The number of aryl methyl sites for hydroxylation is 1. The molecular weight excluding hydrogens is 458 g/mol. The van der Waals surface area contributed by atoms with Gasteiger partial charge < -0.3 is 20.3 Å². The Hall–Kier alpha value is -4.14. The Morgan fingerprint density at radius 1 is 1.00 bits per heavy atom. The van der Waals surface area contributed by atoms with Crippen molar-refractivity contribution in [3.8, 4) is 11.4 Å². The van der Waals surface area contributed by atoms with Crippen LogP contribution in [0.4, 0.5) is 11.4 Å². The highest BCUT2D eigenvalue weighted by Gasteiger charge is 2.35. The lowest BCUT2D eigenvalue weighted by molar-refractivity contribution is -0.119. The lowest BCUT2D eigenvalue weighted by Gasteiger charge is -2.30. The molecule has 0 bridgehead atoms. The number of ether oxygens (including phenoxy) is 1. The summed E-state index contributed by atoms with van der Waals surface area (Å²) in [6.07, 6.45) is 3.60. The Balaban J connectivity index is 1.53. The fourth-order valence-electron chi connectivity index (χ4n) is 5.05. The first-order valence-electron chi connectivity index (χ1n) is 12.2. The number of amides is 3. The summed E-state index contributed by atoms with van der Waals surface area (Å²) in [5.74, 6) is -0.0851. The first-order chi connectivity index (χ1) is 17.4. The first kappa shape index (κ1) is 23.6. The third-order valence-electron chi connectivity index (χ3n) is 6.94. The highest BCUT2D eigenvalue weighted by atomic mass is 16.5. The van der Waals surface area contributed by atoms with Gasteiger partial charge in [-0.25, -0.2) is 4.68 Å². The van der Waals surface area contributed by atoms with Gasteiger partial charge in [-0.05, 0) is 73.7 Å². The molecular formula is C27H29N5O4. The number of anilines is 2. The van der Waals surface area contributed by atoms with Crippen LogP contribution in [-0.2, 0) is 17.6 Å². The Labute approximate surface area is 209 Å². The van der Waals surface area contributed by atoms with Gasteiger partial charge in [0.1, 0.15) is 11.4 Å². The van der Waals surface area contributed by atoms with Crippen LogP contribution < -0.4 is 20.3 Å². The number of carbonyl (C=O) groups excluding carboxylic acids is 3. The van der Waals surface area contributed by atoms with Gasteiger partial charge in [-0.2, -0.15) is 5.10 Å². The number of nitrogens with two attached hydrogens (primary N) is 1. The van der Waals surface area contributed by atoms with Crippen molar-refractivity contribution in [1.82, 2.24) is 9.78 Å². The van der Waals surface area contributed by atoms with E-state index in [4.69, 9.17) is 10.5 Å². The Morgan fingerprint density at radius 3 is 2.36 bits per heavy atom. The third kappa shape index (κ3) is 4.00. The molecule has 9 nitrogen and oxygen atoms in total. The number of nitrogens with zero attached hydrogens (tertiary/aromatic N) is 4. The van der Waals surface area contributed by atoms with Gasteiger partial charge in [-0.1, -0.05) is 6.92 Å². The second-order valence-electron chi connectivity index (χ2n) is 9.03. The topological polar surface area (TPSA) is 111 Å². The van der Waals surface area contributed by atoms with Crippen molar-refractivity contribution in [2.24, 2.45) is 5.73 Å². The van der Waals surface area contributed by atoms with Gasteiger partial charge in [0.2, 0.25) is 5.91 Å². The fraction of sp³-hybridized carbons (Fsp3) is 0.333. The first-order valence-corrected chi connectivity index (χ1v) is 12.2. The van der Waals surface area contributed by atoms with Gasteiger partial charge in [0.25, 0.3) is 11.8 Å². The predicted molar refractivity (Wildman–Crippen MR) is 136 cm³/mol. The molecule has 1 fully saturated rings. The van der Waals surface area contributed by atoms with E-state index in [0.717, 1.165) is 29.8 Å². The third-order valence-corrected chi connectivity index (χ3v) is 6.94. The molecule has 9 heteroatoms. The number of hydrogen-bond donors (Lipinski definition) is 1. The fourth-order valence-corrected chi connectivity index (χ4v) is 5.05. The quantitative estimate of drug-likeness (QED) is 0.574. The smallest absolute Gasteiger partial charge is 0.277 e. The number of hydrogen-bond acceptors (Lipinski definition) is 5. The van der Waals surface area contributed by atoms with E-state index >= 15 is 0 Å². The summed E-state index contributed by atoms with van der Waals surface area (Å²) in [7, 11) is 1.60. The lowest BCUT2D eigenvalue weighted by atomic mass is 10.0. The van der Waals surface area contributed by atoms with Crippen molar-refractivity contribution < 1.29 is 19.1 Å². The molecule has 0 aliphatic carbocycles. The van der Waals surface area contributed by atoms with Crippen LogP contribution in [0.1, 0.15) is 58.3 Å². The highest BCUT2D eigenvalue weighted by Crippen LogP contribution is 2.32. The Bertz CT molecular complexity index is 1340. The number of carbonyl (C=O) groups is 3. The molecule has 0 atom stereocenters. The van der Waals surface area contributed by atoms with Gasteiger partial charge in [-0.15, -0.1) is 0 Å². The number of aromatic nitrogens is 2. The summed E-state index contributed by atoms with van der Waals surface area (Å²) < 4.78 is 6.90. The molecule has 2 aliphatic heterocycles. The standard InChI is InChI=1S/C27H29N5O4/c1-3-17-16-20(36-2)11-12-22(17)32-25-21(24(29-32)26(28)34)13-15-31(27(25)35)19-9-7-18(8-10-19)30-14-5-4-6-23(30)33/h7-12,16H,3-6,13-15H2,1-2H3,(H2,28,34). The molecule has 0 spiro atoms. The maximum atomic E-state index is 13.8. The molecule has 2 aliphatic rings. The van der Waals surface area contributed by atoms with Crippen molar-refractivity contribution in [2.45, 2.75) is 39.0 Å². The molecule has 3 heterocycles. The number of methoxy groups -OCH3 is 1. The van der Waals surface area contributed by atoms with Crippen LogP contribution in [0.2, 0.25) is 0 Å². The van der Waals surface area contributed by atoms with Crippen molar-refractivity contribution in [3.05, 3.63) is 65.0 Å². The maximum absolute atomic E-state index is 13.8. The number of rotatable bonds is 6. The molecule has 2 aromatic carbocycles. The molecule has 186 valence electrons. The normalized spacial score (nSPS) is 15.7. The van der Waals surface area contributed by atoms with Crippen LogP contribution in [-0.4, -0.2) is 47.7 Å². The predicted octanol–water partition coefficient (Wildman–Crippen LogP) is 3.26. The van der Waals surface area contributed by atoms with Gasteiger partial charge in [0.15, 0.2) is 5.69 Å². The summed E-state index contributed by atoms with van der Waals surface area (Å²) in [6, 6.07) is 13.0. The monoisotopic (exact) mass is 487 g/mol. The number of fused-ring (bicyclic) bond motifs is 1. The minimum Gasteiger partial charge on any atom is -0.497 e. The summed E-state index contributed by atoms with van der Waals surface area (Å²) >= 11 is 0. The molecule has 3 aromatic rings. The van der Waals surface area contributed by atoms with E-state index in [9.17, 15) is 14.4 Å². The number of piperidine rings is 1. The minimum absolute atomic E-state index is 0.120. The summed E-state index contributed by atoms with van der Waals surface area (Å²) in [5.41, 5.74) is 9.85. The maximum Gasteiger partial charge on any atom is 0.277 e. The molecule has 3 amide bonds. The van der Waals surface area contributed by atoms with E-state index in [1.807, 2.05) is 43.3 Å². The Morgan fingerprint density at radius 2 is 1.72 bits per heavy atom. The van der Waals surface area contributed by atoms with Crippen LogP contribution in [0.25, 0.3) is 5.69 Å². The summed E-state index contributed by atoms with van der Waals surface area (Å²) in [4.78, 5) is 41.8. The molecule has 0 unspecified atom stereocenters. The van der Waals surface area contributed by atoms with Crippen LogP contribution in [0, 0.1) is 0 Å². The van der Waals surface area contributed by atoms with E-state index in [1.165, 1.54) is 0 Å². The molecule has 5 rings (SSSR count). The summed E-state index contributed by atoms with van der Waals surface area (Å²) in [5, 5.41) is 4.50. The number of benzene rings is 2. The molecule has 1 saturated heterocycles. The van der Waals surface area contributed by atoms with Crippen molar-refractivity contribution in [1.29, 1.82) is 0 Å². The van der Waals surface area contributed by atoms with Crippen molar-refractivity contribution >= 4 is 29.1 Å². The highest BCUT2D eigenvalue weighted by molar-refractivity contribution is 6.09. The molecule has 0 saturated carbocycles. The van der Waals surface area contributed by atoms with Crippen molar-refractivity contribution in [2.75, 3.05) is 30.0 Å². The van der Waals surface area contributed by atoms with Gasteiger partial charge in [0.05, 0.1) is 12.8 Å². The lowest BCUT2D eigenvalue weighted by Crippen LogP contribution is -2.39. The van der Waals surface area contributed by atoms with E-state index < -0.39 is 5.91 Å². The second-order valence-corrected chi connectivity index (χ2v) is 9.03. The SMILES string of the molecule is CCc1cc(OC)ccc1-n1nc(C(N)=O)c2c1C(=O)N(c1ccc(N3CCCCC3=O)cc1)CC2. The molecule has 0 radical (unpaired) electrons. The van der Waals surface area contributed by atoms with Crippen LogP contribution in [0.5, 0.6) is 5.75 Å². The largest absolute Gasteiger partial charge is 0.497 e. The molecule has 1 aromatic heterocycles.